The Morgan fingerprint density at radius 2 is 1.37 bits per heavy atom. The van der Waals surface area contributed by atoms with Gasteiger partial charge in [-0.15, -0.1) is 24.3 Å². The number of aromatic nitrogens is 1. The van der Waals surface area contributed by atoms with E-state index < -0.39 is 11.1 Å². The van der Waals surface area contributed by atoms with Crippen molar-refractivity contribution in [3.05, 3.63) is 164 Å². The number of nitrogens with zero attached hydrogens (tertiary/aromatic N) is 3. The molecule has 0 spiro atoms. The summed E-state index contributed by atoms with van der Waals surface area (Å²) in [5.41, 5.74) is 16.8. The normalized spacial score (nSPS) is 19.6. The van der Waals surface area contributed by atoms with Crippen molar-refractivity contribution < 1.29 is 30.5 Å². The molecule has 0 amide bonds. The van der Waals surface area contributed by atoms with E-state index in [1.165, 1.54) is 61.2 Å². The van der Waals surface area contributed by atoms with Gasteiger partial charge < -0.3 is 14.4 Å². The van der Waals surface area contributed by atoms with Gasteiger partial charge >= 0.3 is 21.1 Å². The third-order valence-corrected chi connectivity index (χ3v) is 14.0. The molecule has 1 aromatic heterocycles. The van der Waals surface area contributed by atoms with Crippen LogP contribution >= 0.6 is 0 Å². The molecule has 9 rings (SSSR count). The second-order valence-corrected chi connectivity index (χ2v) is 21.2. The van der Waals surface area contributed by atoms with E-state index in [0.717, 1.165) is 40.3 Å². The zero-order chi connectivity index (χ0) is 44.5. The van der Waals surface area contributed by atoms with Crippen molar-refractivity contribution in [2.45, 2.75) is 132 Å². The van der Waals surface area contributed by atoms with Crippen LogP contribution in [0.25, 0.3) is 11.1 Å². The molecule has 1 aliphatic carbocycles. The Morgan fingerprint density at radius 3 is 2.05 bits per heavy atom. The number of rotatable bonds is 5. The van der Waals surface area contributed by atoms with Crippen molar-refractivity contribution >= 4 is 23.1 Å². The molecule has 6 heteroatoms. The fourth-order valence-corrected chi connectivity index (χ4v) is 11.0. The van der Waals surface area contributed by atoms with E-state index in [0.29, 0.717) is 17.4 Å². The number of aryl methyl sites for hydroxylation is 6. The van der Waals surface area contributed by atoms with Crippen LogP contribution in [0.3, 0.4) is 0 Å². The first-order valence-electron chi connectivity index (χ1n) is 22.2. The number of aliphatic imine (C=N–C) groups is 1. The summed E-state index contributed by atoms with van der Waals surface area (Å²) in [6.45, 7) is 33.6. The molecule has 3 aliphatic rings. The first-order valence-corrected chi connectivity index (χ1v) is 22.2. The van der Waals surface area contributed by atoms with Gasteiger partial charge in [0, 0.05) is 51.8 Å². The number of hydrogen-bond donors (Lipinski definition) is 0. The molecule has 3 heterocycles. The van der Waals surface area contributed by atoms with Crippen LogP contribution in [-0.2, 0) is 48.7 Å². The predicted octanol–water partition coefficient (Wildman–Crippen LogP) is 14.4. The van der Waals surface area contributed by atoms with Gasteiger partial charge in [0.15, 0.2) is 5.60 Å². The van der Waals surface area contributed by atoms with Crippen LogP contribution in [0.15, 0.2) is 90.1 Å². The smallest absolute Gasteiger partial charge is 0.507 e. The molecule has 0 N–H and O–H groups in total. The van der Waals surface area contributed by atoms with E-state index in [9.17, 15) is 0 Å². The predicted molar refractivity (Wildman–Crippen MR) is 255 cm³/mol. The maximum Gasteiger partial charge on any atom is 2.00 e. The Kier molecular flexibility index (Phi) is 10.7. The number of pyridine rings is 1. The minimum Gasteiger partial charge on any atom is -0.507 e. The third-order valence-electron chi connectivity index (χ3n) is 14.0. The van der Waals surface area contributed by atoms with E-state index in [1.807, 2.05) is 18.3 Å². The largest absolute Gasteiger partial charge is 2.00 e. The maximum absolute atomic E-state index is 7.40. The Morgan fingerprint density at radius 1 is 0.698 bits per heavy atom. The summed E-state index contributed by atoms with van der Waals surface area (Å²) in [5.74, 6) is 2.66. The summed E-state index contributed by atoms with van der Waals surface area (Å²) in [4.78, 5) is 12.8. The minimum absolute atomic E-state index is 0. The second kappa shape index (κ2) is 15.0. The summed E-state index contributed by atoms with van der Waals surface area (Å²) in [6, 6.07) is 36.2. The van der Waals surface area contributed by atoms with Crippen molar-refractivity contribution in [3.8, 4) is 22.6 Å². The van der Waals surface area contributed by atoms with Gasteiger partial charge in [-0.1, -0.05) is 139 Å². The molecule has 5 aromatic carbocycles. The Labute approximate surface area is 390 Å². The molecule has 0 bridgehead atoms. The summed E-state index contributed by atoms with van der Waals surface area (Å²) in [7, 11) is 0. The van der Waals surface area contributed by atoms with E-state index >= 15 is 0 Å². The standard InChI is InChI=1S/C57H61N3O2.Pt/c1-33-21-37(5)50(38(6)22-33)39-27-40(52-59-56(15)32-41-25-35(3)36(4)26-47(41)57(56,62-52)54(10,11)12)29-45(28-39)61-44-24-34(2)23-43(31-44)60-49-19-18-42(53(7,8)9)30-48(49)55(13,14)46-17-16-20-58-51(46)60;/h16-28,30H,32H2,1-15H3;/q-2;+2/t56-,57-;/m1./s1. The van der Waals surface area contributed by atoms with Gasteiger partial charge in [0.2, 0.25) is 0 Å². The van der Waals surface area contributed by atoms with Crippen molar-refractivity contribution in [2.24, 2.45) is 10.4 Å². The first-order chi connectivity index (χ1) is 29.0. The topological polar surface area (TPSA) is 47.0 Å². The fourth-order valence-electron chi connectivity index (χ4n) is 11.0. The van der Waals surface area contributed by atoms with Gasteiger partial charge in [0.05, 0.1) is 5.54 Å². The van der Waals surface area contributed by atoms with Crippen molar-refractivity contribution in [2.75, 3.05) is 4.90 Å². The number of fused-ring (bicyclic) bond motifs is 5. The van der Waals surface area contributed by atoms with Gasteiger partial charge in [-0.2, -0.15) is 5.56 Å². The van der Waals surface area contributed by atoms with Gasteiger partial charge in [-0.3, -0.25) is 4.99 Å². The Balaban J connectivity index is 0.00000544. The molecule has 5 nitrogen and oxygen atoms in total. The minimum atomic E-state index is -0.666. The SMILES string of the molecule is Cc1cc(Oc2[c-]c(C3=N[C@]4(C)Cc5cc(C)c(C)cc5[C@]4(C(C)(C)C)O3)cc(-c3c(C)cc(C)cc3C)c2)[c-]c(N2c3ccc(C(C)(C)C)cc3C(C)(C)c3cccnc32)c1.[Pt+2]. The van der Waals surface area contributed by atoms with E-state index in [4.69, 9.17) is 19.5 Å². The second-order valence-electron chi connectivity index (χ2n) is 21.2. The molecule has 326 valence electrons. The van der Waals surface area contributed by atoms with Gasteiger partial charge in [0.25, 0.3) is 0 Å². The summed E-state index contributed by atoms with van der Waals surface area (Å²) < 4.78 is 14.4. The summed E-state index contributed by atoms with van der Waals surface area (Å²) in [5, 5.41) is 0. The molecule has 0 radical (unpaired) electrons. The number of benzene rings is 5. The first kappa shape index (κ1) is 44.6. The van der Waals surface area contributed by atoms with Gasteiger partial charge in [0.1, 0.15) is 11.7 Å². The van der Waals surface area contributed by atoms with Crippen LogP contribution in [0.1, 0.15) is 129 Å². The van der Waals surface area contributed by atoms with Crippen molar-refractivity contribution in [1.82, 2.24) is 4.98 Å². The van der Waals surface area contributed by atoms with Crippen LogP contribution in [0.4, 0.5) is 17.2 Å². The van der Waals surface area contributed by atoms with Crippen LogP contribution in [0.5, 0.6) is 11.5 Å². The summed E-state index contributed by atoms with van der Waals surface area (Å²) >= 11 is 0. The molecule has 2 aliphatic heterocycles. The molecular formula is C57H61N3O2Pt. The molecule has 0 saturated heterocycles. The van der Waals surface area contributed by atoms with Crippen molar-refractivity contribution in [1.29, 1.82) is 0 Å². The third kappa shape index (κ3) is 7.09. The quantitative estimate of drug-likeness (QED) is 0.161. The number of hydrogen-bond acceptors (Lipinski definition) is 5. The van der Waals surface area contributed by atoms with Crippen LogP contribution < -0.4 is 9.64 Å². The van der Waals surface area contributed by atoms with E-state index in [2.05, 4.69) is 188 Å². The zero-order valence-electron chi connectivity index (χ0n) is 39.8. The molecule has 0 saturated carbocycles. The van der Waals surface area contributed by atoms with Crippen LogP contribution in [0.2, 0.25) is 0 Å². The molecule has 0 unspecified atom stereocenters. The molecule has 0 fully saturated rings. The fraction of sp³-hybridized carbons (Fsp3) is 0.368. The van der Waals surface area contributed by atoms with Crippen LogP contribution in [-0.4, -0.2) is 16.4 Å². The zero-order valence-corrected chi connectivity index (χ0v) is 42.0. The average molecular weight is 1020 g/mol. The van der Waals surface area contributed by atoms with E-state index in [1.54, 1.807) is 0 Å². The number of ether oxygens (including phenoxy) is 2. The molecular weight excluding hydrogens is 954 g/mol. The Bertz CT molecular complexity index is 2850. The average Bonchev–Trinajstić information content (AvgIpc) is 3.61. The monoisotopic (exact) mass is 1010 g/mol. The van der Waals surface area contributed by atoms with E-state index in [-0.39, 0.29) is 37.3 Å². The Hall–Kier alpha value is -4.99. The van der Waals surface area contributed by atoms with Crippen molar-refractivity contribution in [3.63, 3.8) is 0 Å². The molecule has 63 heavy (non-hydrogen) atoms. The van der Waals surface area contributed by atoms with Gasteiger partial charge in [-0.25, -0.2) is 4.98 Å². The molecule has 2 atom stereocenters. The summed E-state index contributed by atoms with van der Waals surface area (Å²) in [6.07, 6.45) is 2.68. The maximum atomic E-state index is 7.40. The molecule has 6 aromatic rings. The van der Waals surface area contributed by atoms with Gasteiger partial charge in [-0.05, 0) is 104 Å². The number of anilines is 3. The van der Waals surface area contributed by atoms with Crippen LogP contribution in [0, 0.1) is 59.1 Å².